The van der Waals surface area contributed by atoms with E-state index in [2.05, 4.69) is 10.1 Å². The highest BCUT2D eigenvalue weighted by atomic mass is 32.2. The van der Waals surface area contributed by atoms with Crippen molar-refractivity contribution in [1.82, 2.24) is 10.1 Å². The Labute approximate surface area is 160 Å². The quantitative estimate of drug-likeness (QED) is 0.525. The molecule has 0 radical (unpaired) electrons. The first kappa shape index (κ1) is 17.9. The third kappa shape index (κ3) is 3.14. The summed E-state index contributed by atoms with van der Waals surface area (Å²) in [4.78, 5) is 4.28. The minimum Gasteiger partial charge on any atom is -0.399 e. The Balaban J connectivity index is 1.81. The lowest BCUT2D eigenvalue weighted by atomic mass is 10.2. The highest BCUT2D eigenvalue weighted by molar-refractivity contribution is 7.91. The highest BCUT2D eigenvalue weighted by Crippen LogP contribution is 2.32. The number of halogens is 1. The number of nitrogens with two attached hydrogens (primary N) is 1. The normalized spacial score (nSPS) is 11.5. The smallest absolute Gasteiger partial charge is 0.259 e. The molecule has 0 aliphatic heterocycles. The molecule has 0 aliphatic rings. The summed E-state index contributed by atoms with van der Waals surface area (Å²) in [5, 5.41) is 3.79. The number of nitrogen functional groups attached to an aromatic ring is 1. The first-order valence-electron chi connectivity index (χ1n) is 8.25. The van der Waals surface area contributed by atoms with Crippen LogP contribution in [0.1, 0.15) is 0 Å². The second kappa shape index (κ2) is 6.90. The van der Waals surface area contributed by atoms with Gasteiger partial charge in [0.05, 0.1) is 20.9 Å². The van der Waals surface area contributed by atoms with E-state index >= 15 is 0 Å². The van der Waals surface area contributed by atoms with Gasteiger partial charge in [0.25, 0.3) is 5.89 Å². The second-order valence-corrected chi connectivity index (χ2v) is 7.89. The largest absolute Gasteiger partial charge is 0.399 e. The molecular formula is C20H14FN3O3S. The number of hydrogen-bond donors (Lipinski definition) is 1. The lowest BCUT2D eigenvalue weighted by Crippen LogP contribution is -2.04. The predicted octanol–water partition coefficient (Wildman–Crippen LogP) is 3.96. The molecule has 0 saturated carbocycles. The van der Waals surface area contributed by atoms with Gasteiger partial charge in [0, 0.05) is 5.69 Å². The fourth-order valence-electron chi connectivity index (χ4n) is 2.74. The molecule has 0 amide bonds. The van der Waals surface area contributed by atoms with Crippen LogP contribution in [0.25, 0.3) is 22.8 Å². The van der Waals surface area contributed by atoms with E-state index in [4.69, 9.17) is 10.3 Å². The molecule has 0 bridgehead atoms. The van der Waals surface area contributed by atoms with Crippen molar-refractivity contribution in [1.29, 1.82) is 0 Å². The van der Waals surface area contributed by atoms with Crippen LogP contribution in [0.4, 0.5) is 10.1 Å². The van der Waals surface area contributed by atoms with Gasteiger partial charge in [-0.15, -0.1) is 0 Å². The highest BCUT2D eigenvalue weighted by Gasteiger charge is 2.25. The Morgan fingerprint density at radius 1 is 0.857 bits per heavy atom. The van der Waals surface area contributed by atoms with Crippen LogP contribution in [0.15, 0.2) is 87.1 Å². The number of aromatic nitrogens is 2. The molecule has 2 N–H and O–H groups in total. The number of hydrogen-bond acceptors (Lipinski definition) is 6. The predicted molar refractivity (Wildman–Crippen MR) is 101 cm³/mol. The van der Waals surface area contributed by atoms with Crippen molar-refractivity contribution >= 4 is 15.5 Å². The van der Waals surface area contributed by atoms with Gasteiger partial charge in [0.2, 0.25) is 15.7 Å². The lowest BCUT2D eigenvalue weighted by molar-refractivity contribution is 0.431. The standard InChI is InChI=1S/C20H14FN3O3S/c21-17-7-3-1-5-15(17)19-23-20(27-24-19)16-6-2-4-8-18(16)28(25,26)14-11-9-13(22)10-12-14/h1-12H,22H2. The van der Waals surface area contributed by atoms with E-state index in [0.717, 1.165) is 0 Å². The second-order valence-electron chi connectivity index (χ2n) is 5.97. The van der Waals surface area contributed by atoms with Crippen LogP contribution in [-0.4, -0.2) is 18.6 Å². The zero-order valence-corrected chi connectivity index (χ0v) is 15.2. The number of sulfone groups is 1. The Morgan fingerprint density at radius 3 is 2.21 bits per heavy atom. The van der Waals surface area contributed by atoms with Gasteiger partial charge in [0.15, 0.2) is 0 Å². The summed E-state index contributed by atoms with van der Waals surface area (Å²) in [5.41, 5.74) is 6.49. The van der Waals surface area contributed by atoms with E-state index in [1.54, 1.807) is 30.3 Å². The van der Waals surface area contributed by atoms with Gasteiger partial charge in [-0.25, -0.2) is 12.8 Å². The van der Waals surface area contributed by atoms with E-state index in [1.165, 1.54) is 42.5 Å². The Hall–Kier alpha value is -3.52. The third-order valence-electron chi connectivity index (χ3n) is 4.14. The average molecular weight is 395 g/mol. The SMILES string of the molecule is Nc1ccc(S(=O)(=O)c2ccccc2-c2nc(-c3ccccc3F)no2)cc1. The van der Waals surface area contributed by atoms with Crippen LogP contribution in [0, 0.1) is 5.82 Å². The molecule has 0 spiro atoms. The third-order valence-corrected chi connectivity index (χ3v) is 5.97. The first-order chi connectivity index (χ1) is 13.5. The monoisotopic (exact) mass is 395 g/mol. The van der Waals surface area contributed by atoms with Crippen LogP contribution in [-0.2, 0) is 9.84 Å². The molecular weight excluding hydrogens is 381 g/mol. The molecule has 6 nitrogen and oxygen atoms in total. The zero-order valence-electron chi connectivity index (χ0n) is 14.4. The average Bonchev–Trinajstić information content (AvgIpc) is 3.18. The maximum atomic E-state index is 14.0. The molecule has 0 unspecified atom stereocenters. The molecule has 8 heteroatoms. The number of rotatable bonds is 4. The summed E-state index contributed by atoms with van der Waals surface area (Å²) in [6.07, 6.45) is 0. The van der Waals surface area contributed by atoms with Crippen LogP contribution in [0.5, 0.6) is 0 Å². The van der Waals surface area contributed by atoms with Gasteiger partial charge in [-0.1, -0.05) is 29.4 Å². The summed E-state index contributed by atoms with van der Waals surface area (Å²) in [6.45, 7) is 0. The summed E-state index contributed by atoms with van der Waals surface area (Å²) in [7, 11) is -3.86. The van der Waals surface area contributed by atoms with Gasteiger partial charge < -0.3 is 10.3 Å². The summed E-state index contributed by atoms with van der Waals surface area (Å²) < 4.78 is 45.4. The molecule has 0 fully saturated rings. The fraction of sp³-hybridized carbons (Fsp3) is 0. The summed E-state index contributed by atoms with van der Waals surface area (Å²) in [5.74, 6) is -0.488. The molecule has 4 aromatic rings. The van der Waals surface area contributed by atoms with Gasteiger partial charge in [-0.3, -0.25) is 0 Å². The fourth-order valence-corrected chi connectivity index (χ4v) is 4.19. The van der Waals surface area contributed by atoms with Crippen LogP contribution in [0.3, 0.4) is 0 Å². The van der Waals surface area contributed by atoms with Crippen LogP contribution < -0.4 is 5.73 Å². The van der Waals surface area contributed by atoms with Crippen molar-refractivity contribution in [3.8, 4) is 22.8 Å². The molecule has 4 rings (SSSR count). The molecule has 0 aliphatic carbocycles. The zero-order chi connectivity index (χ0) is 19.7. The number of nitrogens with zero attached hydrogens (tertiary/aromatic N) is 2. The van der Waals surface area contributed by atoms with Crippen molar-refractivity contribution in [2.24, 2.45) is 0 Å². The molecule has 28 heavy (non-hydrogen) atoms. The molecule has 1 aromatic heterocycles. The molecule has 0 saturated heterocycles. The topological polar surface area (TPSA) is 99.1 Å². The van der Waals surface area contributed by atoms with Gasteiger partial charge in [-0.05, 0) is 48.5 Å². The van der Waals surface area contributed by atoms with E-state index in [1.807, 2.05) is 0 Å². The van der Waals surface area contributed by atoms with E-state index in [0.29, 0.717) is 5.69 Å². The Bertz CT molecular complexity index is 1250. The maximum absolute atomic E-state index is 14.0. The number of anilines is 1. The van der Waals surface area contributed by atoms with Gasteiger partial charge >= 0.3 is 0 Å². The molecule has 140 valence electrons. The van der Waals surface area contributed by atoms with Gasteiger partial charge in [0.1, 0.15) is 5.82 Å². The van der Waals surface area contributed by atoms with Crippen molar-refractivity contribution in [3.05, 3.63) is 78.6 Å². The minimum absolute atomic E-state index is 0.00325. The van der Waals surface area contributed by atoms with Crippen LogP contribution >= 0.6 is 0 Å². The Kier molecular flexibility index (Phi) is 4.40. The minimum atomic E-state index is -3.86. The lowest BCUT2D eigenvalue weighted by Gasteiger charge is -2.08. The van der Waals surface area contributed by atoms with E-state index in [9.17, 15) is 12.8 Å². The van der Waals surface area contributed by atoms with E-state index < -0.39 is 15.7 Å². The first-order valence-corrected chi connectivity index (χ1v) is 9.74. The summed E-state index contributed by atoms with van der Waals surface area (Å²) >= 11 is 0. The molecule has 3 aromatic carbocycles. The van der Waals surface area contributed by atoms with Crippen molar-refractivity contribution < 1.29 is 17.3 Å². The Morgan fingerprint density at radius 2 is 1.50 bits per heavy atom. The van der Waals surface area contributed by atoms with Crippen LogP contribution in [0.2, 0.25) is 0 Å². The number of benzene rings is 3. The van der Waals surface area contributed by atoms with Crippen molar-refractivity contribution in [2.75, 3.05) is 5.73 Å². The maximum Gasteiger partial charge on any atom is 0.259 e. The molecule has 0 atom stereocenters. The molecule has 1 heterocycles. The van der Waals surface area contributed by atoms with Crippen molar-refractivity contribution in [3.63, 3.8) is 0 Å². The van der Waals surface area contributed by atoms with Crippen molar-refractivity contribution in [2.45, 2.75) is 9.79 Å². The van der Waals surface area contributed by atoms with Gasteiger partial charge in [-0.2, -0.15) is 4.98 Å². The summed E-state index contributed by atoms with van der Waals surface area (Å²) in [6, 6.07) is 18.1. The van der Waals surface area contributed by atoms with E-state index in [-0.39, 0.29) is 32.6 Å².